The molecule has 0 saturated carbocycles. The first-order valence-corrected chi connectivity index (χ1v) is 6.89. The van der Waals surface area contributed by atoms with Gasteiger partial charge in [0, 0.05) is 6.54 Å². The summed E-state index contributed by atoms with van der Waals surface area (Å²) >= 11 is 0. The van der Waals surface area contributed by atoms with Crippen molar-refractivity contribution in [2.75, 3.05) is 6.61 Å². The van der Waals surface area contributed by atoms with Crippen molar-refractivity contribution in [2.24, 2.45) is 0 Å². The number of rotatable bonds is 4. The first-order valence-electron chi connectivity index (χ1n) is 6.89. The number of hydrogen-bond acceptors (Lipinski definition) is 4. The van der Waals surface area contributed by atoms with Crippen molar-refractivity contribution in [1.29, 1.82) is 0 Å². The van der Waals surface area contributed by atoms with Gasteiger partial charge in [-0.05, 0) is 31.4 Å². The van der Waals surface area contributed by atoms with Crippen molar-refractivity contribution in [3.8, 4) is 0 Å². The van der Waals surface area contributed by atoms with E-state index in [1.165, 1.54) is 11.1 Å². The van der Waals surface area contributed by atoms with Crippen LogP contribution in [0.5, 0.6) is 0 Å². The van der Waals surface area contributed by atoms with Crippen molar-refractivity contribution in [2.45, 2.75) is 38.9 Å². The Hall–Kier alpha value is -1.88. The molecule has 0 bridgehead atoms. The highest BCUT2D eigenvalue weighted by Gasteiger charge is 2.26. The molecule has 1 aromatic carbocycles. The molecule has 108 valence electrons. The summed E-state index contributed by atoms with van der Waals surface area (Å²) < 4.78 is 4.87. The van der Waals surface area contributed by atoms with E-state index >= 15 is 0 Å². The Morgan fingerprint density at radius 3 is 2.80 bits per heavy atom. The van der Waals surface area contributed by atoms with Gasteiger partial charge in [0.05, 0.1) is 12.6 Å². The fourth-order valence-corrected chi connectivity index (χ4v) is 2.28. The second kappa shape index (κ2) is 6.52. The van der Waals surface area contributed by atoms with Crippen LogP contribution in [0.4, 0.5) is 0 Å². The minimum atomic E-state index is -0.624. The Kier molecular flexibility index (Phi) is 4.74. The molecular formula is C15H20N2O3. The zero-order valence-electron chi connectivity index (χ0n) is 11.8. The zero-order valence-corrected chi connectivity index (χ0v) is 11.8. The van der Waals surface area contributed by atoms with Gasteiger partial charge in [-0.15, -0.1) is 0 Å². The van der Waals surface area contributed by atoms with Gasteiger partial charge in [-0.1, -0.05) is 24.3 Å². The molecule has 0 radical (unpaired) electrons. The number of carbonyl (C=O) groups excluding carboxylic acids is 2. The third-order valence-corrected chi connectivity index (χ3v) is 3.40. The van der Waals surface area contributed by atoms with Crippen molar-refractivity contribution in [3.05, 3.63) is 35.4 Å². The van der Waals surface area contributed by atoms with Crippen LogP contribution in [0.25, 0.3) is 0 Å². The zero-order chi connectivity index (χ0) is 14.5. The van der Waals surface area contributed by atoms with E-state index in [1.54, 1.807) is 13.8 Å². The molecule has 5 nitrogen and oxygen atoms in total. The number of amides is 1. The van der Waals surface area contributed by atoms with E-state index in [0.717, 1.165) is 0 Å². The molecule has 1 amide bonds. The fraction of sp³-hybridized carbons (Fsp3) is 0.467. The second-order valence-electron chi connectivity index (χ2n) is 4.89. The topological polar surface area (TPSA) is 67.4 Å². The number of carbonyl (C=O) groups is 2. The lowest BCUT2D eigenvalue weighted by molar-refractivity contribution is -0.147. The number of esters is 1. The standard InChI is InChI=1S/C15H20N2O3/c1-3-20-15(19)10(2)17-14(18)13-8-11-6-4-5-7-12(11)9-16-13/h4-7,10,13,16H,3,8-9H2,1-2H3,(H,17,18)/t10?,13-/m0/s1. The van der Waals surface area contributed by atoms with Gasteiger partial charge < -0.3 is 15.4 Å². The van der Waals surface area contributed by atoms with Gasteiger partial charge in [-0.25, -0.2) is 4.79 Å². The molecule has 0 fully saturated rings. The second-order valence-corrected chi connectivity index (χ2v) is 4.89. The van der Waals surface area contributed by atoms with Crippen LogP contribution in [0.1, 0.15) is 25.0 Å². The lowest BCUT2D eigenvalue weighted by Crippen LogP contribution is -2.51. The summed E-state index contributed by atoms with van der Waals surface area (Å²) in [5, 5.41) is 5.88. The molecule has 0 aliphatic carbocycles. The maximum absolute atomic E-state index is 12.1. The van der Waals surface area contributed by atoms with Crippen LogP contribution in [-0.2, 0) is 27.3 Å². The Bertz CT molecular complexity index is 502. The maximum atomic E-state index is 12.1. The monoisotopic (exact) mass is 276 g/mol. The Morgan fingerprint density at radius 2 is 2.10 bits per heavy atom. The lowest BCUT2D eigenvalue weighted by atomic mass is 9.95. The highest BCUT2D eigenvalue weighted by atomic mass is 16.5. The molecule has 1 aliphatic rings. The van der Waals surface area contributed by atoms with Crippen molar-refractivity contribution >= 4 is 11.9 Å². The van der Waals surface area contributed by atoms with Crippen LogP contribution in [0.15, 0.2) is 24.3 Å². The van der Waals surface area contributed by atoms with Gasteiger partial charge in [-0.3, -0.25) is 4.79 Å². The summed E-state index contributed by atoms with van der Waals surface area (Å²) in [6, 6.07) is 7.12. The van der Waals surface area contributed by atoms with E-state index in [-0.39, 0.29) is 11.9 Å². The normalized spacial score (nSPS) is 18.8. The molecule has 5 heteroatoms. The molecule has 1 heterocycles. The Morgan fingerprint density at radius 1 is 1.40 bits per heavy atom. The molecule has 1 aromatic rings. The van der Waals surface area contributed by atoms with Gasteiger partial charge in [0.2, 0.25) is 5.91 Å². The summed E-state index contributed by atoms with van der Waals surface area (Å²) in [7, 11) is 0. The fourth-order valence-electron chi connectivity index (χ4n) is 2.28. The molecule has 0 spiro atoms. The number of ether oxygens (including phenoxy) is 1. The third kappa shape index (κ3) is 3.36. The predicted octanol–water partition coefficient (Wildman–Crippen LogP) is 0.769. The molecule has 2 N–H and O–H groups in total. The van der Waals surface area contributed by atoms with Crippen LogP contribution < -0.4 is 10.6 Å². The van der Waals surface area contributed by atoms with Crippen molar-refractivity contribution < 1.29 is 14.3 Å². The largest absolute Gasteiger partial charge is 0.464 e. The molecule has 20 heavy (non-hydrogen) atoms. The highest BCUT2D eigenvalue weighted by molar-refractivity contribution is 5.87. The number of benzene rings is 1. The van der Waals surface area contributed by atoms with Crippen LogP contribution in [0.3, 0.4) is 0 Å². The number of fused-ring (bicyclic) bond motifs is 1. The maximum Gasteiger partial charge on any atom is 0.328 e. The van der Waals surface area contributed by atoms with E-state index in [9.17, 15) is 9.59 Å². The average Bonchev–Trinajstić information content (AvgIpc) is 2.46. The van der Waals surface area contributed by atoms with Crippen LogP contribution in [-0.4, -0.2) is 30.6 Å². The third-order valence-electron chi connectivity index (χ3n) is 3.40. The first-order chi connectivity index (χ1) is 9.61. The molecule has 2 atom stereocenters. The smallest absolute Gasteiger partial charge is 0.328 e. The number of hydrogen-bond donors (Lipinski definition) is 2. The highest BCUT2D eigenvalue weighted by Crippen LogP contribution is 2.16. The van der Waals surface area contributed by atoms with Gasteiger partial charge in [-0.2, -0.15) is 0 Å². The molecule has 2 rings (SSSR count). The van der Waals surface area contributed by atoms with E-state index in [2.05, 4.69) is 16.7 Å². The molecule has 1 unspecified atom stereocenters. The Balaban J connectivity index is 1.93. The van der Waals surface area contributed by atoms with Gasteiger partial charge in [0.1, 0.15) is 6.04 Å². The summed E-state index contributed by atoms with van der Waals surface area (Å²) in [5.74, 6) is -0.572. The van der Waals surface area contributed by atoms with Crippen molar-refractivity contribution in [1.82, 2.24) is 10.6 Å². The van der Waals surface area contributed by atoms with Crippen LogP contribution in [0, 0.1) is 0 Å². The summed E-state index contributed by atoms with van der Waals surface area (Å²) in [5.41, 5.74) is 2.39. The predicted molar refractivity (Wildman–Crippen MR) is 75.0 cm³/mol. The van der Waals surface area contributed by atoms with E-state index < -0.39 is 12.0 Å². The number of nitrogens with one attached hydrogen (secondary N) is 2. The van der Waals surface area contributed by atoms with Gasteiger partial charge in [0.25, 0.3) is 0 Å². The minimum absolute atomic E-state index is 0.167. The lowest BCUT2D eigenvalue weighted by Gasteiger charge is -2.26. The van der Waals surface area contributed by atoms with Crippen molar-refractivity contribution in [3.63, 3.8) is 0 Å². The van der Waals surface area contributed by atoms with E-state index in [4.69, 9.17) is 4.74 Å². The minimum Gasteiger partial charge on any atom is -0.464 e. The van der Waals surface area contributed by atoms with Gasteiger partial charge in [0.15, 0.2) is 0 Å². The molecular weight excluding hydrogens is 256 g/mol. The summed E-state index contributed by atoms with van der Waals surface area (Å²) in [6.45, 7) is 4.36. The Labute approximate surface area is 118 Å². The van der Waals surface area contributed by atoms with E-state index in [0.29, 0.717) is 19.6 Å². The van der Waals surface area contributed by atoms with Crippen LogP contribution in [0.2, 0.25) is 0 Å². The molecule has 0 saturated heterocycles. The molecule has 1 aliphatic heterocycles. The average molecular weight is 276 g/mol. The first kappa shape index (κ1) is 14.5. The summed E-state index contributed by atoms with van der Waals surface area (Å²) in [6.07, 6.45) is 0.636. The SMILES string of the molecule is CCOC(=O)C(C)NC(=O)[C@@H]1Cc2ccccc2CN1. The quantitative estimate of drug-likeness (QED) is 0.797. The molecule has 0 aromatic heterocycles. The summed E-state index contributed by atoms with van der Waals surface area (Å²) in [4.78, 5) is 23.6. The van der Waals surface area contributed by atoms with Gasteiger partial charge >= 0.3 is 5.97 Å². The van der Waals surface area contributed by atoms with E-state index in [1.807, 2.05) is 18.2 Å². The van der Waals surface area contributed by atoms with Crippen LogP contribution >= 0.6 is 0 Å².